The number of hydrogen-bond acceptors (Lipinski definition) is 4. The molecule has 0 aromatic heterocycles. The van der Waals surface area contributed by atoms with Crippen molar-refractivity contribution in [3.63, 3.8) is 0 Å². The first kappa shape index (κ1) is 22.2. The molecule has 3 rings (SSSR count). The van der Waals surface area contributed by atoms with Crippen LogP contribution in [0.4, 0.5) is 5.69 Å². The average Bonchev–Trinajstić information content (AvgIpc) is 2.74. The summed E-state index contributed by atoms with van der Waals surface area (Å²) in [6.07, 6.45) is 0.672. The molecule has 0 unspecified atom stereocenters. The average molecular weight is 437 g/mol. The topological polar surface area (TPSA) is 92.3 Å². The Morgan fingerprint density at radius 1 is 0.903 bits per heavy atom. The van der Waals surface area contributed by atoms with Crippen LogP contribution in [0, 0.1) is 6.92 Å². The number of rotatable bonds is 7. The molecule has 0 atom stereocenters. The summed E-state index contributed by atoms with van der Waals surface area (Å²) < 4.78 is 26.2. The smallest absolute Gasteiger partial charge is 0.251 e. The first-order valence-corrected chi connectivity index (χ1v) is 11.3. The SMILES string of the molecule is CC(=O)Nc1cc(C(=O)NCCc2ccccc2)ccc1S(=O)(=O)c1ccc(C)cc1. The minimum absolute atomic E-state index is 0.0626. The molecule has 6 nitrogen and oxygen atoms in total. The summed E-state index contributed by atoms with van der Waals surface area (Å²) in [4.78, 5) is 24.3. The molecule has 3 aromatic rings. The zero-order valence-corrected chi connectivity index (χ0v) is 18.2. The Bertz CT molecular complexity index is 1190. The van der Waals surface area contributed by atoms with E-state index in [1.165, 1.54) is 37.3 Å². The van der Waals surface area contributed by atoms with E-state index in [0.29, 0.717) is 13.0 Å². The third-order valence-corrected chi connectivity index (χ3v) is 6.54. The summed E-state index contributed by atoms with van der Waals surface area (Å²) in [6, 6.07) is 20.4. The minimum Gasteiger partial charge on any atom is -0.352 e. The van der Waals surface area contributed by atoms with Gasteiger partial charge in [0.15, 0.2) is 0 Å². The molecule has 0 bridgehead atoms. The highest BCUT2D eigenvalue weighted by molar-refractivity contribution is 7.91. The number of hydrogen-bond donors (Lipinski definition) is 2. The molecule has 2 N–H and O–H groups in total. The van der Waals surface area contributed by atoms with Crippen molar-refractivity contribution in [2.75, 3.05) is 11.9 Å². The monoisotopic (exact) mass is 436 g/mol. The summed E-state index contributed by atoms with van der Waals surface area (Å²) in [5, 5.41) is 5.36. The zero-order chi connectivity index (χ0) is 22.4. The van der Waals surface area contributed by atoms with E-state index < -0.39 is 15.7 Å². The van der Waals surface area contributed by atoms with Crippen molar-refractivity contribution >= 4 is 27.3 Å². The number of benzene rings is 3. The van der Waals surface area contributed by atoms with Crippen LogP contribution in [0.1, 0.15) is 28.4 Å². The Morgan fingerprint density at radius 3 is 2.23 bits per heavy atom. The second-order valence-corrected chi connectivity index (χ2v) is 9.12. The predicted octanol–water partition coefficient (Wildman–Crippen LogP) is 3.76. The summed E-state index contributed by atoms with van der Waals surface area (Å²) in [7, 11) is -3.87. The number of amides is 2. The Labute approximate surface area is 182 Å². The second-order valence-electron chi connectivity index (χ2n) is 7.20. The van der Waals surface area contributed by atoms with E-state index in [9.17, 15) is 18.0 Å². The summed E-state index contributed by atoms with van der Waals surface area (Å²) >= 11 is 0. The Morgan fingerprint density at radius 2 is 1.58 bits per heavy atom. The van der Waals surface area contributed by atoms with E-state index in [1.807, 2.05) is 37.3 Å². The number of carbonyl (C=O) groups excluding carboxylic acids is 2. The van der Waals surface area contributed by atoms with Gasteiger partial charge in [0, 0.05) is 19.0 Å². The molecule has 3 aromatic carbocycles. The Hall–Kier alpha value is -3.45. The number of nitrogens with one attached hydrogen (secondary N) is 2. The summed E-state index contributed by atoms with van der Waals surface area (Å²) in [5.74, 6) is -0.774. The van der Waals surface area contributed by atoms with Crippen LogP contribution in [0.3, 0.4) is 0 Å². The molecule has 0 fully saturated rings. The quantitative estimate of drug-likeness (QED) is 0.590. The van der Waals surface area contributed by atoms with Gasteiger partial charge in [-0.1, -0.05) is 48.0 Å². The van der Waals surface area contributed by atoms with Crippen molar-refractivity contribution in [3.8, 4) is 0 Å². The van der Waals surface area contributed by atoms with Crippen LogP contribution in [0.2, 0.25) is 0 Å². The first-order valence-electron chi connectivity index (χ1n) is 9.83. The fourth-order valence-corrected chi connectivity index (χ4v) is 4.50. The van der Waals surface area contributed by atoms with Crippen molar-refractivity contribution in [1.82, 2.24) is 5.32 Å². The molecule has 0 heterocycles. The minimum atomic E-state index is -3.87. The van der Waals surface area contributed by atoms with Crippen LogP contribution >= 0.6 is 0 Å². The molecule has 0 spiro atoms. The van der Waals surface area contributed by atoms with Gasteiger partial charge >= 0.3 is 0 Å². The Kier molecular flexibility index (Phi) is 6.87. The van der Waals surface area contributed by atoms with Gasteiger partial charge in [-0.05, 0) is 49.2 Å². The molecule has 0 aliphatic carbocycles. The zero-order valence-electron chi connectivity index (χ0n) is 17.4. The summed E-state index contributed by atoms with van der Waals surface area (Å²) in [5.41, 5.74) is 2.37. The lowest BCUT2D eigenvalue weighted by Crippen LogP contribution is -2.26. The van der Waals surface area contributed by atoms with Crippen molar-refractivity contribution in [2.24, 2.45) is 0 Å². The molecule has 0 aliphatic rings. The maximum absolute atomic E-state index is 13.1. The van der Waals surface area contributed by atoms with E-state index in [2.05, 4.69) is 10.6 Å². The third kappa shape index (κ3) is 5.58. The van der Waals surface area contributed by atoms with Crippen LogP contribution in [-0.4, -0.2) is 26.8 Å². The van der Waals surface area contributed by atoms with Crippen molar-refractivity contribution in [2.45, 2.75) is 30.1 Å². The van der Waals surface area contributed by atoms with Crippen molar-refractivity contribution in [1.29, 1.82) is 0 Å². The molecule has 0 saturated carbocycles. The van der Waals surface area contributed by atoms with Gasteiger partial charge in [-0.15, -0.1) is 0 Å². The van der Waals surface area contributed by atoms with Crippen LogP contribution in [-0.2, 0) is 21.1 Å². The van der Waals surface area contributed by atoms with Gasteiger partial charge in [0.1, 0.15) is 0 Å². The van der Waals surface area contributed by atoms with Crippen LogP contribution in [0.5, 0.6) is 0 Å². The number of sulfone groups is 1. The van der Waals surface area contributed by atoms with Crippen molar-refractivity contribution in [3.05, 3.63) is 89.5 Å². The lowest BCUT2D eigenvalue weighted by molar-refractivity contribution is -0.114. The van der Waals surface area contributed by atoms with Gasteiger partial charge in [-0.2, -0.15) is 0 Å². The number of aryl methyl sites for hydroxylation is 1. The number of anilines is 1. The van der Waals surface area contributed by atoms with Gasteiger partial charge in [0.05, 0.1) is 15.5 Å². The van der Waals surface area contributed by atoms with Gasteiger partial charge < -0.3 is 10.6 Å². The summed E-state index contributed by atoms with van der Waals surface area (Å²) in [6.45, 7) is 3.58. The molecule has 31 heavy (non-hydrogen) atoms. The van der Waals surface area contributed by atoms with Gasteiger partial charge in [0.25, 0.3) is 5.91 Å². The van der Waals surface area contributed by atoms with Crippen molar-refractivity contribution < 1.29 is 18.0 Å². The van der Waals surface area contributed by atoms with E-state index in [4.69, 9.17) is 0 Å². The molecule has 0 radical (unpaired) electrons. The molecule has 7 heteroatoms. The second kappa shape index (κ2) is 9.57. The normalized spacial score (nSPS) is 11.0. The van der Waals surface area contributed by atoms with Gasteiger partial charge in [-0.3, -0.25) is 9.59 Å². The highest BCUT2D eigenvalue weighted by atomic mass is 32.2. The highest BCUT2D eigenvalue weighted by Crippen LogP contribution is 2.29. The van der Waals surface area contributed by atoms with Gasteiger partial charge in [-0.25, -0.2) is 8.42 Å². The lowest BCUT2D eigenvalue weighted by atomic mass is 10.1. The molecular formula is C24H24N2O4S. The third-order valence-electron chi connectivity index (χ3n) is 4.72. The highest BCUT2D eigenvalue weighted by Gasteiger charge is 2.23. The number of carbonyl (C=O) groups is 2. The van der Waals surface area contributed by atoms with Crippen LogP contribution < -0.4 is 10.6 Å². The van der Waals surface area contributed by atoms with E-state index >= 15 is 0 Å². The molecular weight excluding hydrogens is 412 g/mol. The fourth-order valence-electron chi connectivity index (χ4n) is 3.10. The van der Waals surface area contributed by atoms with E-state index in [-0.39, 0.29) is 26.9 Å². The van der Waals surface area contributed by atoms with Crippen LogP contribution in [0.25, 0.3) is 0 Å². The molecule has 0 saturated heterocycles. The molecule has 0 aliphatic heterocycles. The first-order chi connectivity index (χ1) is 14.8. The van der Waals surface area contributed by atoms with Gasteiger partial charge in [0.2, 0.25) is 15.7 Å². The largest absolute Gasteiger partial charge is 0.352 e. The van der Waals surface area contributed by atoms with E-state index in [0.717, 1.165) is 11.1 Å². The fraction of sp³-hybridized carbons (Fsp3) is 0.167. The standard InChI is InChI=1S/C24H24N2O4S/c1-17-8-11-21(12-9-17)31(29,30)23-13-10-20(16-22(23)26-18(2)27)24(28)25-15-14-19-6-4-3-5-7-19/h3-13,16H,14-15H2,1-2H3,(H,25,28)(H,26,27). The maximum Gasteiger partial charge on any atom is 0.251 e. The molecule has 2 amide bonds. The van der Waals surface area contributed by atoms with E-state index in [1.54, 1.807) is 12.1 Å². The van der Waals surface area contributed by atoms with Crippen LogP contribution in [0.15, 0.2) is 82.6 Å². The molecule has 160 valence electrons. The lowest BCUT2D eigenvalue weighted by Gasteiger charge is -2.13. The predicted molar refractivity (Wildman–Crippen MR) is 120 cm³/mol. The Balaban J connectivity index is 1.84. The maximum atomic E-state index is 13.1.